The topological polar surface area (TPSA) is 138 Å². The number of nitrogens with zero attached hydrogens (tertiary/aromatic N) is 2. The predicted molar refractivity (Wildman–Crippen MR) is 151 cm³/mol. The summed E-state index contributed by atoms with van der Waals surface area (Å²) in [6.45, 7) is 4.06. The number of hydrogen-bond donors (Lipinski definition) is 3. The fraction of sp³-hybridized carbons (Fsp3) is 0.148. The Hall–Kier alpha value is -3.70. The van der Waals surface area contributed by atoms with E-state index in [-0.39, 0.29) is 32.7 Å². The van der Waals surface area contributed by atoms with Gasteiger partial charge in [0.15, 0.2) is 5.75 Å². The Morgan fingerprint density at radius 2 is 1.74 bits per heavy atom. The lowest BCUT2D eigenvalue weighted by Crippen LogP contribution is -2.12. The van der Waals surface area contributed by atoms with Gasteiger partial charge in [-0.25, -0.2) is 0 Å². The molecule has 1 amide bonds. The van der Waals surface area contributed by atoms with E-state index in [0.29, 0.717) is 35.1 Å². The van der Waals surface area contributed by atoms with Crippen LogP contribution >= 0.6 is 23.2 Å². The summed E-state index contributed by atoms with van der Waals surface area (Å²) < 4.78 is 38.5. The van der Waals surface area contributed by atoms with Gasteiger partial charge in [-0.1, -0.05) is 54.4 Å². The van der Waals surface area contributed by atoms with E-state index in [1.807, 2.05) is 6.92 Å². The first-order valence-electron chi connectivity index (χ1n) is 11.7. The third-order valence-corrected chi connectivity index (χ3v) is 7.43. The van der Waals surface area contributed by atoms with Crippen LogP contribution < -0.4 is 10.1 Å². The van der Waals surface area contributed by atoms with E-state index in [9.17, 15) is 22.9 Å². The summed E-state index contributed by atoms with van der Waals surface area (Å²) in [6, 6.07) is 15.7. The zero-order valence-corrected chi connectivity index (χ0v) is 23.1. The van der Waals surface area contributed by atoms with Gasteiger partial charge in [0.25, 0.3) is 16.0 Å². The smallest absolute Gasteiger partial charge is 0.296 e. The minimum Gasteiger partial charge on any atom is -0.505 e. The van der Waals surface area contributed by atoms with Crippen LogP contribution in [0.1, 0.15) is 29.8 Å². The minimum atomic E-state index is -4.62. The Morgan fingerprint density at radius 1 is 1.00 bits per heavy atom. The van der Waals surface area contributed by atoms with E-state index in [2.05, 4.69) is 15.5 Å². The molecule has 39 heavy (non-hydrogen) atoms. The van der Waals surface area contributed by atoms with Gasteiger partial charge in [-0.3, -0.25) is 9.35 Å². The van der Waals surface area contributed by atoms with E-state index in [0.717, 1.165) is 6.07 Å². The van der Waals surface area contributed by atoms with Gasteiger partial charge in [-0.2, -0.15) is 13.5 Å². The molecule has 4 rings (SSSR count). The fourth-order valence-electron chi connectivity index (χ4n) is 3.90. The lowest BCUT2D eigenvalue weighted by Gasteiger charge is -2.13. The lowest BCUT2D eigenvalue weighted by atomic mass is 10.0. The number of nitrogens with one attached hydrogen (secondary N) is 1. The van der Waals surface area contributed by atoms with Gasteiger partial charge in [0, 0.05) is 11.5 Å². The van der Waals surface area contributed by atoms with Gasteiger partial charge < -0.3 is 15.2 Å². The second kappa shape index (κ2) is 11.6. The molecule has 0 aromatic heterocycles. The molecule has 0 bridgehead atoms. The van der Waals surface area contributed by atoms with Crippen molar-refractivity contribution in [2.75, 3.05) is 11.9 Å². The largest absolute Gasteiger partial charge is 0.505 e. The molecule has 0 atom stereocenters. The quantitative estimate of drug-likeness (QED) is 0.142. The van der Waals surface area contributed by atoms with Crippen molar-refractivity contribution < 1.29 is 27.6 Å². The summed E-state index contributed by atoms with van der Waals surface area (Å²) in [6.07, 6.45) is 0.427. The van der Waals surface area contributed by atoms with Gasteiger partial charge >= 0.3 is 0 Å². The summed E-state index contributed by atoms with van der Waals surface area (Å²) in [5.74, 6) is -0.595. The number of aromatic hydroxyl groups is 1. The standard InChI is InChI=1S/C27H23Cl2N3O6S/c1-3-15-12-21(29)24(39(35,36)37)14-22(15)31-32-25-18-8-6-5-7-16(18)11-19(26(25)33)27(34)30-23-13-17(38-4-2)9-10-20(23)28/h5-14,33H,3-4H2,1-2H3,(H,30,34)(H,35,36,37). The Bertz CT molecular complexity index is 1720. The van der Waals surface area contributed by atoms with Gasteiger partial charge in [-0.05, 0) is 54.6 Å². The molecule has 0 spiro atoms. The number of carbonyl (C=O) groups excluding carboxylic acids is 1. The number of azo groups is 1. The van der Waals surface area contributed by atoms with E-state index >= 15 is 0 Å². The van der Waals surface area contributed by atoms with Crippen LogP contribution in [0.5, 0.6) is 11.5 Å². The Kier molecular flexibility index (Phi) is 8.41. The maximum atomic E-state index is 13.3. The molecule has 0 aliphatic heterocycles. The highest BCUT2D eigenvalue weighted by molar-refractivity contribution is 7.86. The fourth-order valence-corrected chi connectivity index (χ4v) is 5.11. The number of halogens is 2. The number of benzene rings is 4. The third-order valence-electron chi connectivity index (χ3n) is 5.79. The molecule has 12 heteroatoms. The lowest BCUT2D eigenvalue weighted by molar-refractivity contribution is 0.102. The first-order chi connectivity index (χ1) is 18.5. The molecule has 4 aromatic rings. The van der Waals surface area contributed by atoms with Crippen LogP contribution in [0.2, 0.25) is 10.0 Å². The number of phenols is 1. The van der Waals surface area contributed by atoms with Crippen molar-refractivity contribution >= 4 is 67.1 Å². The number of anilines is 1. The molecule has 3 N–H and O–H groups in total. The number of carbonyl (C=O) groups is 1. The Labute approximate surface area is 234 Å². The highest BCUT2D eigenvalue weighted by Gasteiger charge is 2.21. The molecule has 0 aliphatic rings. The number of aryl methyl sites for hydroxylation is 1. The molecule has 0 aliphatic carbocycles. The number of phenolic OH excluding ortho intramolecular Hbond substituents is 1. The zero-order chi connectivity index (χ0) is 28.3. The molecule has 9 nitrogen and oxygen atoms in total. The third kappa shape index (κ3) is 6.15. The number of ether oxygens (including phenoxy) is 1. The van der Waals surface area contributed by atoms with Gasteiger partial charge in [0.05, 0.1) is 33.6 Å². The van der Waals surface area contributed by atoms with Crippen molar-refractivity contribution in [3.63, 3.8) is 0 Å². The maximum absolute atomic E-state index is 13.3. The molecule has 0 unspecified atom stereocenters. The van der Waals surface area contributed by atoms with Crippen LogP contribution in [0.15, 0.2) is 75.8 Å². The second-order valence-electron chi connectivity index (χ2n) is 8.31. The minimum absolute atomic E-state index is 0.0159. The molecule has 0 radical (unpaired) electrons. The first kappa shape index (κ1) is 28.3. The number of fused-ring (bicyclic) bond motifs is 1. The first-order valence-corrected chi connectivity index (χ1v) is 13.9. The van der Waals surface area contributed by atoms with Crippen LogP contribution in [-0.2, 0) is 16.5 Å². The average molecular weight is 588 g/mol. The summed E-state index contributed by atoms with van der Waals surface area (Å²) in [4.78, 5) is 12.7. The van der Waals surface area contributed by atoms with Crippen molar-refractivity contribution in [3.05, 3.63) is 81.8 Å². The van der Waals surface area contributed by atoms with E-state index < -0.39 is 26.7 Å². The van der Waals surface area contributed by atoms with E-state index in [1.165, 1.54) is 12.1 Å². The average Bonchev–Trinajstić information content (AvgIpc) is 2.89. The molecule has 0 fully saturated rings. The SMILES string of the molecule is CCOc1ccc(Cl)c(NC(=O)c2cc3ccccc3c(N=Nc3cc(S(=O)(=O)O)c(Cl)cc3CC)c2O)c1. The predicted octanol–water partition coefficient (Wildman–Crippen LogP) is 7.73. The number of rotatable bonds is 8. The summed E-state index contributed by atoms with van der Waals surface area (Å²) in [7, 11) is -4.62. The highest BCUT2D eigenvalue weighted by atomic mass is 35.5. The van der Waals surface area contributed by atoms with Crippen molar-refractivity contribution in [2.45, 2.75) is 25.2 Å². The van der Waals surface area contributed by atoms with Gasteiger partial charge in [0.2, 0.25) is 0 Å². The van der Waals surface area contributed by atoms with Crippen molar-refractivity contribution in [3.8, 4) is 11.5 Å². The van der Waals surface area contributed by atoms with Gasteiger partial charge in [-0.15, -0.1) is 5.11 Å². The molecular formula is C27H23Cl2N3O6S. The number of hydrogen-bond acceptors (Lipinski definition) is 7. The van der Waals surface area contributed by atoms with Crippen molar-refractivity contribution in [1.29, 1.82) is 0 Å². The van der Waals surface area contributed by atoms with Crippen LogP contribution in [0.4, 0.5) is 17.1 Å². The summed E-state index contributed by atoms with van der Waals surface area (Å²) in [5.41, 5.74) is 0.851. The van der Waals surface area contributed by atoms with Crippen LogP contribution in [0, 0.1) is 0 Å². The molecular weight excluding hydrogens is 565 g/mol. The summed E-state index contributed by atoms with van der Waals surface area (Å²) in [5, 5.41) is 23.4. The molecule has 4 aromatic carbocycles. The van der Waals surface area contributed by atoms with Gasteiger partial charge in [0.1, 0.15) is 16.3 Å². The van der Waals surface area contributed by atoms with Crippen LogP contribution in [0.3, 0.4) is 0 Å². The highest BCUT2D eigenvalue weighted by Crippen LogP contribution is 2.41. The Morgan fingerprint density at radius 3 is 2.44 bits per heavy atom. The summed E-state index contributed by atoms with van der Waals surface area (Å²) >= 11 is 12.3. The molecule has 0 saturated carbocycles. The monoisotopic (exact) mass is 587 g/mol. The van der Waals surface area contributed by atoms with E-state index in [1.54, 1.807) is 49.4 Å². The normalized spacial score (nSPS) is 11.7. The van der Waals surface area contributed by atoms with Crippen molar-refractivity contribution in [2.24, 2.45) is 10.2 Å². The second-order valence-corrected chi connectivity index (χ2v) is 10.5. The maximum Gasteiger partial charge on any atom is 0.296 e. The van der Waals surface area contributed by atoms with Crippen LogP contribution in [0.25, 0.3) is 10.8 Å². The number of amides is 1. The molecule has 0 heterocycles. The van der Waals surface area contributed by atoms with Crippen molar-refractivity contribution in [1.82, 2.24) is 0 Å². The molecule has 202 valence electrons. The Balaban J connectivity index is 1.81. The zero-order valence-electron chi connectivity index (χ0n) is 20.8. The molecule has 0 saturated heterocycles. The van der Waals surface area contributed by atoms with E-state index in [4.69, 9.17) is 27.9 Å². The van der Waals surface area contributed by atoms with Crippen LogP contribution in [-0.4, -0.2) is 30.6 Å².